The Hall–Kier alpha value is -0.910. The maximum absolute atomic E-state index is 12.1. The van der Waals surface area contributed by atoms with Crippen LogP contribution in [0.5, 0.6) is 0 Å². The molecule has 5 heteroatoms. The van der Waals surface area contributed by atoms with Crippen molar-refractivity contribution in [2.75, 3.05) is 27.2 Å². The van der Waals surface area contributed by atoms with Crippen molar-refractivity contribution in [3.8, 4) is 0 Å². The Balaban J connectivity index is 2.04. The molecular weight excluding hydrogens is 262 g/mol. The van der Waals surface area contributed by atoms with Crippen LogP contribution >= 0.6 is 0 Å². The lowest BCUT2D eigenvalue weighted by molar-refractivity contribution is -0.896. The van der Waals surface area contributed by atoms with Gasteiger partial charge < -0.3 is 4.48 Å². The summed E-state index contributed by atoms with van der Waals surface area (Å²) in [6, 6.07) is 6.79. The number of benzene rings is 1. The van der Waals surface area contributed by atoms with Gasteiger partial charge in [-0.15, -0.1) is 0 Å². The van der Waals surface area contributed by atoms with Gasteiger partial charge in [0.05, 0.1) is 38.2 Å². The normalized spacial score (nSPS) is 20.4. The highest BCUT2D eigenvalue weighted by Crippen LogP contribution is 2.22. The van der Waals surface area contributed by atoms with Gasteiger partial charge in [-0.2, -0.15) is 8.42 Å². The molecule has 0 aliphatic carbocycles. The summed E-state index contributed by atoms with van der Waals surface area (Å²) in [5.74, 6) is 0. The SMILES string of the molecule is Cc1ccc(S(=O)(=O)OC2CC[N+](C)(C)CC2)cc1. The lowest BCUT2D eigenvalue weighted by Gasteiger charge is -2.36. The van der Waals surface area contributed by atoms with Crippen molar-refractivity contribution in [2.45, 2.75) is 30.8 Å². The molecule has 19 heavy (non-hydrogen) atoms. The Kier molecular flexibility index (Phi) is 3.99. The van der Waals surface area contributed by atoms with Crippen LogP contribution in [0.2, 0.25) is 0 Å². The van der Waals surface area contributed by atoms with Crippen LogP contribution < -0.4 is 0 Å². The molecule has 0 aromatic heterocycles. The van der Waals surface area contributed by atoms with Gasteiger partial charge in [0.25, 0.3) is 10.1 Å². The molecule has 0 unspecified atom stereocenters. The number of hydrogen-bond acceptors (Lipinski definition) is 3. The molecule has 0 atom stereocenters. The first kappa shape index (κ1) is 14.5. The van der Waals surface area contributed by atoms with Gasteiger partial charge in [0, 0.05) is 12.8 Å². The summed E-state index contributed by atoms with van der Waals surface area (Å²) in [6.07, 6.45) is 1.40. The minimum atomic E-state index is -3.62. The van der Waals surface area contributed by atoms with Gasteiger partial charge in [-0.3, -0.25) is 4.18 Å². The smallest absolute Gasteiger partial charge is 0.297 e. The second-order valence-electron chi connectivity index (χ2n) is 5.95. The molecular formula is C14H22NO3S+. The van der Waals surface area contributed by atoms with Gasteiger partial charge in [0.1, 0.15) is 0 Å². The zero-order valence-corrected chi connectivity index (χ0v) is 12.6. The zero-order chi connectivity index (χ0) is 14.1. The second-order valence-corrected chi connectivity index (χ2v) is 7.52. The molecule has 1 fully saturated rings. The van der Waals surface area contributed by atoms with Crippen molar-refractivity contribution < 1.29 is 17.1 Å². The highest BCUT2D eigenvalue weighted by atomic mass is 32.2. The van der Waals surface area contributed by atoms with Crippen molar-refractivity contribution in [2.24, 2.45) is 0 Å². The third-order valence-electron chi connectivity index (χ3n) is 3.69. The molecule has 0 N–H and O–H groups in total. The molecule has 1 saturated heterocycles. The van der Waals surface area contributed by atoms with Gasteiger partial charge in [-0.05, 0) is 19.1 Å². The highest BCUT2D eigenvalue weighted by Gasteiger charge is 2.30. The van der Waals surface area contributed by atoms with Crippen molar-refractivity contribution >= 4 is 10.1 Å². The summed E-state index contributed by atoms with van der Waals surface area (Å²) in [6.45, 7) is 3.83. The van der Waals surface area contributed by atoms with Crippen molar-refractivity contribution in [3.63, 3.8) is 0 Å². The number of rotatable bonds is 3. The first-order valence-corrected chi connectivity index (χ1v) is 8.01. The van der Waals surface area contributed by atoms with Crippen LogP contribution in [0, 0.1) is 6.92 Å². The van der Waals surface area contributed by atoms with E-state index in [9.17, 15) is 8.42 Å². The van der Waals surface area contributed by atoms with Crippen LogP contribution in [-0.2, 0) is 14.3 Å². The van der Waals surface area contributed by atoms with E-state index in [0.717, 1.165) is 36.0 Å². The summed E-state index contributed by atoms with van der Waals surface area (Å²) in [5.41, 5.74) is 1.04. The Morgan fingerprint density at radius 2 is 1.63 bits per heavy atom. The van der Waals surface area contributed by atoms with Crippen molar-refractivity contribution in [1.29, 1.82) is 0 Å². The van der Waals surface area contributed by atoms with Gasteiger partial charge in [-0.1, -0.05) is 17.7 Å². The van der Waals surface area contributed by atoms with Crippen LogP contribution in [0.4, 0.5) is 0 Å². The van der Waals surface area contributed by atoms with E-state index in [0.29, 0.717) is 0 Å². The van der Waals surface area contributed by atoms with E-state index in [1.54, 1.807) is 24.3 Å². The largest absolute Gasteiger partial charge is 0.328 e. The van der Waals surface area contributed by atoms with Gasteiger partial charge in [-0.25, -0.2) is 0 Å². The fraction of sp³-hybridized carbons (Fsp3) is 0.571. The van der Waals surface area contributed by atoms with E-state index in [2.05, 4.69) is 14.1 Å². The molecule has 4 nitrogen and oxygen atoms in total. The summed E-state index contributed by atoms with van der Waals surface area (Å²) < 4.78 is 30.6. The Morgan fingerprint density at radius 1 is 1.11 bits per heavy atom. The minimum absolute atomic E-state index is 0.183. The molecule has 1 aliphatic heterocycles. The zero-order valence-electron chi connectivity index (χ0n) is 11.8. The standard InChI is InChI=1S/C14H22NO3S/c1-12-4-6-14(7-5-12)19(16,17)18-13-8-10-15(2,3)11-9-13/h4-7,13H,8-11H2,1-3H3/q+1. The number of aryl methyl sites for hydroxylation is 1. The number of nitrogens with zero attached hydrogens (tertiary/aromatic N) is 1. The second kappa shape index (κ2) is 5.23. The summed E-state index contributed by atoms with van der Waals surface area (Å²) in [5, 5.41) is 0. The average molecular weight is 284 g/mol. The fourth-order valence-corrected chi connectivity index (χ4v) is 3.41. The van der Waals surface area contributed by atoms with Crippen molar-refractivity contribution in [1.82, 2.24) is 0 Å². The first-order valence-electron chi connectivity index (χ1n) is 6.60. The molecule has 1 aromatic rings. The van der Waals surface area contributed by atoms with E-state index in [4.69, 9.17) is 4.18 Å². The Morgan fingerprint density at radius 3 is 2.16 bits per heavy atom. The lowest BCUT2D eigenvalue weighted by atomic mass is 10.1. The lowest BCUT2D eigenvalue weighted by Crippen LogP contribution is -2.48. The van der Waals surface area contributed by atoms with Crippen LogP contribution in [0.1, 0.15) is 18.4 Å². The Labute approximate surface area is 115 Å². The first-order chi connectivity index (χ1) is 8.78. The Bertz CT molecular complexity index is 524. The minimum Gasteiger partial charge on any atom is -0.328 e. The molecule has 0 bridgehead atoms. The molecule has 1 aromatic carbocycles. The van der Waals surface area contributed by atoms with Gasteiger partial charge in [0.15, 0.2) is 0 Å². The quantitative estimate of drug-likeness (QED) is 0.629. The van der Waals surface area contributed by atoms with Gasteiger partial charge in [0.2, 0.25) is 0 Å². The van der Waals surface area contributed by atoms with Crippen LogP contribution in [0.3, 0.4) is 0 Å². The van der Waals surface area contributed by atoms with Crippen molar-refractivity contribution in [3.05, 3.63) is 29.8 Å². The molecule has 0 spiro atoms. The highest BCUT2D eigenvalue weighted by molar-refractivity contribution is 7.86. The third kappa shape index (κ3) is 3.78. The summed E-state index contributed by atoms with van der Waals surface area (Å²) >= 11 is 0. The van der Waals surface area contributed by atoms with E-state index < -0.39 is 10.1 Å². The molecule has 1 heterocycles. The van der Waals surface area contributed by atoms with Crippen LogP contribution in [-0.4, -0.2) is 46.2 Å². The predicted molar refractivity (Wildman–Crippen MR) is 74.3 cm³/mol. The molecule has 1 aliphatic rings. The monoisotopic (exact) mass is 284 g/mol. The average Bonchev–Trinajstić information content (AvgIpc) is 2.32. The maximum atomic E-state index is 12.1. The summed E-state index contributed by atoms with van der Waals surface area (Å²) in [4.78, 5) is 0.248. The molecule has 0 saturated carbocycles. The van der Waals surface area contributed by atoms with Gasteiger partial charge >= 0.3 is 0 Å². The van der Waals surface area contributed by atoms with Crippen LogP contribution in [0.15, 0.2) is 29.2 Å². The van der Waals surface area contributed by atoms with E-state index >= 15 is 0 Å². The molecule has 2 rings (SSSR count). The molecule has 0 radical (unpaired) electrons. The van der Waals surface area contributed by atoms with E-state index in [-0.39, 0.29) is 11.0 Å². The van der Waals surface area contributed by atoms with E-state index in [1.165, 1.54) is 0 Å². The van der Waals surface area contributed by atoms with E-state index in [1.807, 2.05) is 6.92 Å². The topological polar surface area (TPSA) is 43.4 Å². The van der Waals surface area contributed by atoms with Crippen LogP contribution in [0.25, 0.3) is 0 Å². The number of quaternary nitrogens is 1. The number of hydrogen-bond donors (Lipinski definition) is 0. The molecule has 0 amide bonds. The molecule has 106 valence electrons. The predicted octanol–water partition coefficient (Wildman–Crippen LogP) is 1.94. The maximum Gasteiger partial charge on any atom is 0.297 e. The number of piperidine rings is 1. The number of likely N-dealkylation sites (tertiary alicyclic amines) is 1. The summed E-state index contributed by atoms with van der Waals surface area (Å²) in [7, 11) is 0.694. The third-order valence-corrected chi connectivity index (χ3v) is 5.06. The fourth-order valence-electron chi connectivity index (χ4n) is 2.28.